The van der Waals surface area contributed by atoms with Gasteiger partial charge in [0.2, 0.25) is 0 Å². The highest BCUT2D eigenvalue weighted by Gasteiger charge is 2.37. The van der Waals surface area contributed by atoms with E-state index in [1.807, 2.05) is 13.1 Å². The lowest BCUT2D eigenvalue weighted by molar-refractivity contribution is -0.0652. The number of aromatic nitrogens is 2. The van der Waals surface area contributed by atoms with Gasteiger partial charge in [0, 0.05) is 31.9 Å². The summed E-state index contributed by atoms with van der Waals surface area (Å²) < 4.78 is 7.08. The lowest BCUT2D eigenvalue weighted by Gasteiger charge is -2.43. The molecule has 2 heterocycles. The molecule has 1 aliphatic heterocycles. The molecular formula is C12H21N3O2. The van der Waals surface area contributed by atoms with Gasteiger partial charge in [-0.05, 0) is 19.9 Å². The summed E-state index contributed by atoms with van der Waals surface area (Å²) in [5.41, 5.74) is 0.541. The molecule has 0 aliphatic carbocycles. The molecule has 0 radical (unpaired) electrons. The van der Waals surface area contributed by atoms with Crippen LogP contribution in [0.5, 0.6) is 0 Å². The number of aryl methyl sites for hydroxylation is 1. The van der Waals surface area contributed by atoms with Crippen molar-refractivity contribution < 1.29 is 9.84 Å². The number of rotatable bonds is 3. The number of aliphatic hydroxyl groups excluding tert-OH is 1. The summed E-state index contributed by atoms with van der Waals surface area (Å²) in [6.07, 6.45) is 1.17. The predicted molar refractivity (Wildman–Crippen MR) is 64.6 cm³/mol. The summed E-state index contributed by atoms with van der Waals surface area (Å²) in [6, 6.07) is 1.87. The van der Waals surface area contributed by atoms with Crippen LogP contribution in [0.1, 0.15) is 25.6 Å². The maximum absolute atomic E-state index is 10.5. The van der Waals surface area contributed by atoms with Gasteiger partial charge < -0.3 is 9.84 Å². The molecule has 1 saturated heterocycles. The quantitative estimate of drug-likeness (QED) is 0.837. The van der Waals surface area contributed by atoms with Crippen LogP contribution in [0.25, 0.3) is 0 Å². The summed E-state index contributed by atoms with van der Waals surface area (Å²) >= 11 is 0. The van der Waals surface area contributed by atoms with E-state index in [-0.39, 0.29) is 5.54 Å². The van der Waals surface area contributed by atoms with Gasteiger partial charge >= 0.3 is 0 Å². The number of morpholine rings is 1. The van der Waals surface area contributed by atoms with Crippen LogP contribution < -0.4 is 0 Å². The van der Waals surface area contributed by atoms with E-state index in [2.05, 4.69) is 23.8 Å². The average Bonchev–Trinajstić information content (AvgIpc) is 2.75. The fourth-order valence-corrected chi connectivity index (χ4v) is 2.33. The van der Waals surface area contributed by atoms with Crippen LogP contribution in [0.4, 0.5) is 0 Å². The molecule has 1 aliphatic rings. The molecule has 0 saturated carbocycles. The molecule has 0 amide bonds. The summed E-state index contributed by atoms with van der Waals surface area (Å²) in [7, 11) is 1.86. The van der Waals surface area contributed by atoms with Crippen molar-refractivity contribution in [2.45, 2.75) is 25.5 Å². The molecule has 1 aromatic rings. The van der Waals surface area contributed by atoms with E-state index in [1.54, 1.807) is 10.9 Å². The van der Waals surface area contributed by atoms with E-state index in [1.165, 1.54) is 0 Å². The van der Waals surface area contributed by atoms with Crippen molar-refractivity contribution in [1.29, 1.82) is 0 Å². The highest BCUT2D eigenvalue weighted by molar-refractivity contribution is 5.10. The Morgan fingerprint density at radius 1 is 1.41 bits per heavy atom. The fraction of sp³-hybridized carbons (Fsp3) is 0.750. The first-order valence-corrected chi connectivity index (χ1v) is 6.02. The monoisotopic (exact) mass is 239 g/mol. The molecule has 0 aromatic carbocycles. The number of aliphatic hydroxyl groups is 1. The lowest BCUT2D eigenvalue weighted by atomic mass is 9.92. The molecule has 0 bridgehead atoms. The van der Waals surface area contributed by atoms with Gasteiger partial charge in [-0.3, -0.25) is 9.58 Å². The third kappa shape index (κ3) is 2.36. The largest absolute Gasteiger partial charge is 0.385 e. The zero-order valence-corrected chi connectivity index (χ0v) is 10.8. The third-order valence-electron chi connectivity index (χ3n) is 3.63. The summed E-state index contributed by atoms with van der Waals surface area (Å²) in [6.45, 7) is 7.33. The normalized spacial score (nSPS) is 20.5. The predicted octanol–water partition coefficient (Wildman–Crippen LogP) is 0.564. The number of nitrogens with zero attached hydrogens (tertiary/aromatic N) is 3. The van der Waals surface area contributed by atoms with E-state index in [0.29, 0.717) is 0 Å². The van der Waals surface area contributed by atoms with Crippen molar-refractivity contribution in [2.75, 3.05) is 26.3 Å². The molecule has 2 rings (SSSR count). The summed E-state index contributed by atoms with van der Waals surface area (Å²) in [4.78, 5) is 2.27. The van der Waals surface area contributed by atoms with Crippen molar-refractivity contribution in [3.63, 3.8) is 0 Å². The summed E-state index contributed by atoms with van der Waals surface area (Å²) in [5.74, 6) is 0. The highest BCUT2D eigenvalue weighted by Crippen LogP contribution is 2.31. The van der Waals surface area contributed by atoms with E-state index in [0.717, 1.165) is 32.0 Å². The first-order valence-electron chi connectivity index (χ1n) is 6.02. The van der Waals surface area contributed by atoms with Gasteiger partial charge in [-0.1, -0.05) is 0 Å². The minimum Gasteiger partial charge on any atom is -0.385 e. The second-order valence-corrected chi connectivity index (χ2v) is 5.04. The van der Waals surface area contributed by atoms with Crippen LogP contribution in [0.3, 0.4) is 0 Å². The van der Waals surface area contributed by atoms with Gasteiger partial charge in [-0.15, -0.1) is 0 Å². The summed E-state index contributed by atoms with van der Waals surface area (Å²) in [5, 5.41) is 14.6. The SMILES string of the molecule is Cn1nccc1C(O)C(C)(C)N1CCOCC1. The molecule has 1 unspecified atom stereocenters. The highest BCUT2D eigenvalue weighted by atomic mass is 16.5. The Morgan fingerprint density at radius 3 is 2.59 bits per heavy atom. The minimum absolute atomic E-state index is 0.308. The maximum Gasteiger partial charge on any atom is 0.113 e. The first kappa shape index (κ1) is 12.5. The molecule has 1 aromatic heterocycles. The van der Waals surface area contributed by atoms with Crippen molar-refractivity contribution in [3.8, 4) is 0 Å². The second-order valence-electron chi connectivity index (χ2n) is 5.04. The van der Waals surface area contributed by atoms with E-state index >= 15 is 0 Å². The lowest BCUT2D eigenvalue weighted by Crippen LogP contribution is -2.53. The topological polar surface area (TPSA) is 50.5 Å². The van der Waals surface area contributed by atoms with Gasteiger partial charge in [-0.2, -0.15) is 5.10 Å². The second kappa shape index (κ2) is 4.76. The Labute approximate surface area is 102 Å². The van der Waals surface area contributed by atoms with Crippen LogP contribution in [0.2, 0.25) is 0 Å². The molecule has 1 N–H and O–H groups in total. The van der Waals surface area contributed by atoms with Crippen LogP contribution >= 0.6 is 0 Å². The van der Waals surface area contributed by atoms with Gasteiger partial charge in [0.05, 0.1) is 18.9 Å². The fourth-order valence-electron chi connectivity index (χ4n) is 2.33. The van der Waals surface area contributed by atoms with Crippen molar-refractivity contribution in [1.82, 2.24) is 14.7 Å². The Hall–Kier alpha value is -0.910. The zero-order valence-electron chi connectivity index (χ0n) is 10.8. The molecule has 1 atom stereocenters. The molecule has 5 nitrogen and oxygen atoms in total. The molecule has 96 valence electrons. The zero-order chi connectivity index (χ0) is 12.5. The van der Waals surface area contributed by atoms with Crippen molar-refractivity contribution >= 4 is 0 Å². The van der Waals surface area contributed by atoms with Gasteiger partial charge in [0.25, 0.3) is 0 Å². The van der Waals surface area contributed by atoms with Crippen LogP contribution in [0.15, 0.2) is 12.3 Å². The Bertz CT molecular complexity index is 370. The Kier molecular flexibility index (Phi) is 3.51. The van der Waals surface area contributed by atoms with Gasteiger partial charge in [-0.25, -0.2) is 0 Å². The number of ether oxygens (including phenoxy) is 1. The number of hydrogen-bond acceptors (Lipinski definition) is 4. The Morgan fingerprint density at radius 2 is 2.06 bits per heavy atom. The standard InChI is InChI=1S/C12H21N3O2/c1-12(2,15-6-8-17-9-7-15)11(16)10-4-5-13-14(10)3/h4-5,11,16H,6-9H2,1-3H3. The first-order chi connectivity index (χ1) is 8.03. The smallest absolute Gasteiger partial charge is 0.113 e. The molecule has 5 heteroatoms. The molecule has 0 spiro atoms. The van der Waals surface area contributed by atoms with Gasteiger partial charge in [0.15, 0.2) is 0 Å². The molecular weight excluding hydrogens is 218 g/mol. The maximum atomic E-state index is 10.5. The number of hydrogen-bond donors (Lipinski definition) is 1. The average molecular weight is 239 g/mol. The minimum atomic E-state index is -0.548. The van der Waals surface area contributed by atoms with E-state index < -0.39 is 6.10 Å². The Balaban J connectivity index is 2.16. The van der Waals surface area contributed by atoms with Gasteiger partial charge in [0.1, 0.15) is 6.10 Å². The third-order valence-corrected chi connectivity index (χ3v) is 3.63. The molecule has 1 fully saturated rings. The van der Waals surface area contributed by atoms with E-state index in [9.17, 15) is 5.11 Å². The van der Waals surface area contributed by atoms with Crippen LogP contribution in [-0.2, 0) is 11.8 Å². The van der Waals surface area contributed by atoms with Crippen LogP contribution in [-0.4, -0.2) is 51.6 Å². The van der Waals surface area contributed by atoms with Crippen molar-refractivity contribution in [2.24, 2.45) is 7.05 Å². The molecule has 17 heavy (non-hydrogen) atoms. The van der Waals surface area contributed by atoms with E-state index in [4.69, 9.17) is 4.74 Å². The van der Waals surface area contributed by atoms with Crippen LogP contribution in [0, 0.1) is 0 Å². The van der Waals surface area contributed by atoms with Crippen molar-refractivity contribution in [3.05, 3.63) is 18.0 Å².